The van der Waals surface area contributed by atoms with Gasteiger partial charge in [-0.1, -0.05) is 34.8 Å². The van der Waals surface area contributed by atoms with E-state index in [0.29, 0.717) is 11.6 Å². The van der Waals surface area contributed by atoms with Crippen molar-refractivity contribution in [3.63, 3.8) is 0 Å². The zero-order valence-electron chi connectivity index (χ0n) is 18.1. The Hall–Kier alpha value is -2.29. The molecule has 0 spiro atoms. The number of hydrogen-bond acceptors (Lipinski definition) is 3. The van der Waals surface area contributed by atoms with E-state index in [4.69, 9.17) is 62.7 Å². The first-order chi connectivity index (χ1) is 16.9. The number of nitrogens with one attached hydrogen (secondary N) is 2. The van der Waals surface area contributed by atoms with Gasteiger partial charge in [-0.25, -0.2) is 8.78 Å². The van der Waals surface area contributed by atoms with E-state index in [2.05, 4.69) is 10.6 Å². The molecule has 1 aliphatic rings. The van der Waals surface area contributed by atoms with Crippen molar-refractivity contribution in [3.05, 3.63) is 86.4 Å². The average molecular weight is 595 g/mol. The highest BCUT2D eigenvalue weighted by Crippen LogP contribution is 2.65. The molecular formula is C24H15Cl5F2N2O3. The zero-order valence-corrected chi connectivity index (χ0v) is 21.9. The van der Waals surface area contributed by atoms with Crippen molar-refractivity contribution in [2.75, 3.05) is 17.7 Å². The predicted octanol–water partition coefficient (Wildman–Crippen LogP) is 7.71. The lowest BCUT2D eigenvalue weighted by Crippen LogP contribution is -2.18. The van der Waals surface area contributed by atoms with Gasteiger partial charge >= 0.3 is 0 Å². The number of carbonyl (C=O) groups excluding carboxylic acids is 2. The number of halogens is 7. The Balaban J connectivity index is 1.52. The molecule has 0 aromatic heterocycles. The second kappa shape index (κ2) is 10.2. The Kier molecular flexibility index (Phi) is 7.60. The van der Waals surface area contributed by atoms with Crippen LogP contribution in [0.3, 0.4) is 0 Å². The highest BCUT2D eigenvalue weighted by Gasteiger charge is 2.67. The third-order valence-corrected chi connectivity index (χ3v) is 7.41. The van der Waals surface area contributed by atoms with Crippen molar-refractivity contribution >= 4 is 81.2 Å². The Labute approximate surface area is 229 Å². The van der Waals surface area contributed by atoms with E-state index in [-0.39, 0.29) is 37.8 Å². The maximum absolute atomic E-state index is 13.9. The maximum Gasteiger partial charge on any atom is 0.257 e. The van der Waals surface area contributed by atoms with E-state index in [1.54, 1.807) is 12.1 Å². The summed E-state index contributed by atoms with van der Waals surface area (Å²) in [5.41, 5.74) is 0.476. The number of alkyl halides is 2. The molecular weight excluding hydrogens is 580 g/mol. The summed E-state index contributed by atoms with van der Waals surface area (Å²) in [6, 6.07) is 10.0. The maximum atomic E-state index is 13.9. The molecule has 0 saturated heterocycles. The van der Waals surface area contributed by atoms with Crippen LogP contribution in [0.4, 0.5) is 20.2 Å². The van der Waals surface area contributed by atoms with Crippen molar-refractivity contribution in [3.8, 4) is 5.75 Å². The Bertz CT molecular complexity index is 1360. The van der Waals surface area contributed by atoms with Crippen molar-refractivity contribution in [1.82, 2.24) is 0 Å². The predicted molar refractivity (Wildman–Crippen MR) is 138 cm³/mol. The van der Waals surface area contributed by atoms with Crippen LogP contribution in [-0.4, -0.2) is 23.3 Å². The van der Waals surface area contributed by atoms with E-state index >= 15 is 0 Å². The van der Waals surface area contributed by atoms with Gasteiger partial charge in [-0.15, -0.1) is 23.2 Å². The lowest BCUT2D eigenvalue weighted by Gasteiger charge is -2.11. The van der Waals surface area contributed by atoms with E-state index in [1.165, 1.54) is 25.3 Å². The summed E-state index contributed by atoms with van der Waals surface area (Å²) < 4.78 is 30.8. The minimum absolute atomic E-state index is 0.0452. The number of ether oxygens (including phenoxy) is 1. The van der Waals surface area contributed by atoms with Gasteiger partial charge in [0.05, 0.1) is 39.3 Å². The molecule has 0 radical (unpaired) electrons. The first kappa shape index (κ1) is 26.8. The lowest BCUT2D eigenvalue weighted by atomic mass is 10.1. The summed E-state index contributed by atoms with van der Waals surface area (Å²) >= 11 is 31.4. The highest BCUT2D eigenvalue weighted by molar-refractivity contribution is 6.53. The summed E-state index contributed by atoms with van der Waals surface area (Å²) in [5.74, 6) is -4.22. The molecule has 2 amide bonds. The van der Waals surface area contributed by atoms with Crippen molar-refractivity contribution < 1.29 is 23.1 Å². The molecule has 0 bridgehead atoms. The molecule has 1 fully saturated rings. The summed E-state index contributed by atoms with van der Waals surface area (Å²) in [5, 5.41) is 5.49. The molecule has 3 aromatic carbocycles. The van der Waals surface area contributed by atoms with Crippen LogP contribution in [0.15, 0.2) is 48.5 Å². The van der Waals surface area contributed by atoms with Gasteiger partial charge in [-0.2, -0.15) is 0 Å². The summed E-state index contributed by atoms with van der Waals surface area (Å²) in [4.78, 5) is 25.7. The molecule has 12 heteroatoms. The van der Waals surface area contributed by atoms with Crippen LogP contribution in [0.5, 0.6) is 5.75 Å². The van der Waals surface area contributed by atoms with E-state index in [9.17, 15) is 18.4 Å². The molecule has 188 valence electrons. The van der Waals surface area contributed by atoms with Gasteiger partial charge in [-0.3, -0.25) is 9.59 Å². The van der Waals surface area contributed by atoms with Gasteiger partial charge in [0.1, 0.15) is 16.0 Å². The molecule has 1 aliphatic carbocycles. The van der Waals surface area contributed by atoms with Crippen LogP contribution in [0.25, 0.3) is 0 Å². The summed E-state index contributed by atoms with van der Waals surface area (Å²) in [6.07, 6.45) is 0. The fourth-order valence-corrected chi connectivity index (χ4v) is 5.49. The highest BCUT2D eigenvalue weighted by atomic mass is 35.5. The molecule has 0 heterocycles. The summed E-state index contributed by atoms with van der Waals surface area (Å²) in [6.45, 7) is 0. The fourth-order valence-electron chi connectivity index (χ4n) is 3.80. The second-order valence-electron chi connectivity index (χ2n) is 7.91. The number of benzene rings is 3. The van der Waals surface area contributed by atoms with Crippen LogP contribution in [0, 0.1) is 17.6 Å². The zero-order chi connectivity index (χ0) is 26.4. The Morgan fingerprint density at radius 1 is 0.917 bits per heavy atom. The molecule has 4 rings (SSSR count). The largest absolute Gasteiger partial charge is 0.494 e. The van der Waals surface area contributed by atoms with Crippen molar-refractivity contribution in [1.29, 1.82) is 0 Å². The molecule has 1 saturated carbocycles. The lowest BCUT2D eigenvalue weighted by molar-refractivity contribution is -0.117. The van der Waals surface area contributed by atoms with Crippen molar-refractivity contribution in [2.24, 2.45) is 5.92 Å². The fraction of sp³-hybridized carbons (Fsp3) is 0.167. The number of anilines is 2. The van der Waals surface area contributed by atoms with Crippen LogP contribution in [-0.2, 0) is 4.79 Å². The molecule has 2 N–H and O–H groups in total. The minimum atomic E-state index is -1.43. The normalized spacial score (nSPS) is 17.9. The number of methoxy groups -OCH3 is 1. The van der Waals surface area contributed by atoms with Gasteiger partial charge in [0.25, 0.3) is 5.91 Å². The quantitative estimate of drug-likeness (QED) is 0.287. The second-order valence-corrected chi connectivity index (χ2v) is 10.6. The molecule has 3 aromatic rings. The van der Waals surface area contributed by atoms with Gasteiger partial charge in [0, 0.05) is 17.7 Å². The first-order valence-corrected chi connectivity index (χ1v) is 12.1. The molecule has 0 unspecified atom stereocenters. The van der Waals surface area contributed by atoms with Gasteiger partial charge in [0.15, 0.2) is 5.75 Å². The molecule has 2 atom stereocenters. The van der Waals surface area contributed by atoms with Gasteiger partial charge in [0.2, 0.25) is 5.91 Å². The SMILES string of the molecule is COc1c(Cl)cc([C@H]2[C@H](C(=O)Nc3ccc(Cl)c(C(=O)Nc4ccc(F)cc4F)c3)C2(Cl)Cl)cc1Cl. The third kappa shape index (κ3) is 5.22. The van der Waals surface area contributed by atoms with Crippen LogP contribution >= 0.6 is 58.0 Å². The van der Waals surface area contributed by atoms with Crippen molar-refractivity contribution in [2.45, 2.75) is 10.3 Å². The Morgan fingerprint density at radius 3 is 2.19 bits per heavy atom. The summed E-state index contributed by atoms with van der Waals surface area (Å²) in [7, 11) is 1.42. The van der Waals surface area contributed by atoms with E-state index in [1.807, 2.05) is 0 Å². The van der Waals surface area contributed by atoms with E-state index < -0.39 is 39.6 Å². The molecule has 5 nitrogen and oxygen atoms in total. The number of hydrogen-bond donors (Lipinski definition) is 2. The Morgan fingerprint density at radius 2 is 1.58 bits per heavy atom. The first-order valence-electron chi connectivity index (χ1n) is 10.2. The number of carbonyl (C=O) groups is 2. The minimum Gasteiger partial charge on any atom is -0.494 e. The number of rotatable bonds is 6. The van der Waals surface area contributed by atoms with Gasteiger partial charge < -0.3 is 15.4 Å². The van der Waals surface area contributed by atoms with E-state index in [0.717, 1.165) is 12.1 Å². The van der Waals surface area contributed by atoms with Crippen LogP contribution < -0.4 is 15.4 Å². The molecule has 36 heavy (non-hydrogen) atoms. The number of amides is 2. The van der Waals surface area contributed by atoms with Crippen LogP contribution in [0.1, 0.15) is 21.8 Å². The smallest absolute Gasteiger partial charge is 0.257 e. The molecule has 0 aliphatic heterocycles. The van der Waals surface area contributed by atoms with Gasteiger partial charge in [-0.05, 0) is 48.0 Å². The topological polar surface area (TPSA) is 67.4 Å². The average Bonchev–Trinajstić information content (AvgIpc) is 3.38. The standard InChI is InChI=1S/C24H15Cl5F2N2O3/c1-36-21-15(26)6-10(7-16(21)27)19-20(24(19,28)29)23(35)32-12-3-4-14(25)13(9-12)22(34)33-18-5-2-11(30)8-17(18)31/h2-9,19-20H,1H3,(H,32,35)(H,33,34)/t19-,20+/m0/s1. The monoisotopic (exact) mass is 592 g/mol. The van der Waals surface area contributed by atoms with Crippen LogP contribution in [0.2, 0.25) is 15.1 Å². The third-order valence-electron chi connectivity index (χ3n) is 5.58.